The van der Waals surface area contributed by atoms with Crippen LogP contribution in [0.4, 0.5) is 19.1 Å². The highest BCUT2D eigenvalue weighted by atomic mass is 19.4. The SMILES string of the molecule is COc1ccc([C@H]2CC(=O)C3=C(C2)Nc2nc(C(F)(F)F)nn2[C@@H]3c2ccccc2)cc1. The largest absolute Gasteiger partial charge is 0.497 e. The lowest BCUT2D eigenvalue weighted by atomic mass is 9.78. The van der Waals surface area contributed by atoms with Crippen LogP contribution in [-0.4, -0.2) is 27.7 Å². The van der Waals surface area contributed by atoms with Crippen molar-refractivity contribution in [3.63, 3.8) is 0 Å². The molecule has 1 N–H and O–H groups in total. The minimum Gasteiger partial charge on any atom is -0.497 e. The van der Waals surface area contributed by atoms with Crippen molar-refractivity contribution in [2.75, 3.05) is 12.4 Å². The van der Waals surface area contributed by atoms with Gasteiger partial charge >= 0.3 is 6.18 Å². The molecule has 0 amide bonds. The van der Waals surface area contributed by atoms with E-state index in [1.54, 1.807) is 31.4 Å². The number of carbonyl (C=O) groups is 1. The number of nitrogens with one attached hydrogen (secondary N) is 1. The summed E-state index contributed by atoms with van der Waals surface area (Å²) in [6.45, 7) is 0. The van der Waals surface area contributed by atoms with Gasteiger partial charge in [-0.15, -0.1) is 5.10 Å². The van der Waals surface area contributed by atoms with E-state index in [1.807, 2.05) is 30.3 Å². The number of alkyl halides is 3. The van der Waals surface area contributed by atoms with Gasteiger partial charge in [-0.2, -0.15) is 18.2 Å². The van der Waals surface area contributed by atoms with Crippen LogP contribution in [0.5, 0.6) is 5.75 Å². The quantitative estimate of drug-likeness (QED) is 0.638. The number of aromatic nitrogens is 3. The van der Waals surface area contributed by atoms with Crippen LogP contribution in [0.2, 0.25) is 0 Å². The summed E-state index contributed by atoms with van der Waals surface area (Å²) in [5, 5.41) is 6.69. The van der Waals surface area contributed by atoms with Gasteiger partial charge < -0.3 is 10.1 Å². The van der Waals surface area contributed by atoms with Crippen molar-refractivity contribution in [1.29, 1.82) is 0 Å². The van der Waals surface area contributed by atoms with Crippen molar-refractivity contribution >= 4 is 11.7 Å². The Labute approximate surface area is 181 Å². The summed E-state index contributed by atoms with van der Waals surface area (Å²) in [7, 11) is 1.58. The average Bonchev–Trinajstić information content (AvgIpc) is 3.22. The number of carbonyl (C=O) groups excluding carboxylic acids is 1. The zero-order valence-electron chi connectivity index (χ0n) is 17.1. The normalized spacial score (nSPS) is 20.4. The van der Waals surface area contributed by atoms with Crippen LogP contribution < -0.4 is 10.1 Å². The molecule has 0 saturated heterocycles. The molecule has 2 aliphatic rings. The molecule has 0 bridgehead atoms. The van der Waals surface area contributed by atoms with Gasteiger partial charge in [0, 0.05) is 17.7 Å². The molecule has 6 nitrogen and oxygen atoms in total. The Kier molecular flexibility index (Phi) is 4.76. The molecule has 3 aromatic rings. The molecule has 0 fully saturated rings. The topological polar surface area (TPSA) is 69.0 Å². The average molecular weight is 440 g/mol. The maximum atomic E-state index is 13.3. The number of hydrogen-bond acceptors (Lipinski definition) is 5. The van der Waals surface area contributed by atoms with Crippen LogP contribution in [0, 0.1) is 0 Å². The van der Waals surface area contributed by atoms with Gasteiger partial charge in [-0.05, 0) is 35.6 Å². The Morgan fingerprint density at radius 3 is 2.41 bits per heavy atom. The zero-order valence-corrected chi connectivity index (χ0v) is 17.1. The maximum Gasteiger partial charge on any atom is 0.453 e. The number of halogens is 3. The Bertz CT molecular complexity index is 1200. The maximum absolute atomic E-state index is 13.3. The first-order valence-electron chi connectivity index (χ1n) is 10.1. The molecule has 0 radical (unpaired) electrons. The van der Waals surface area contributed by atoms with Crippen molar-refractivity contribution in [2.24, 2.45) is 0 Å². The molecule has 1 aliphatic carbocycles. The van der Waals surface area contributed by atoms with Gasteiger partial charge in [0.25, 0.3) is 5.82 Å². The number of anilines is 1. The van der Waals surface area contributed by atoms with Gasteiger partial charge in [-0.25, -0.2) is 4.68 Å². The number of ketones is 1. The Balaban J connectivity index is 1.58. The molecule has 32 heavy (non-hydrogen) atoms. The molecule has 9 heteroatoms. The third kappa shape index (κ3) is 3.43. The van der Waals surface area contributed by atoms with E-state index in [2.05, 4.69) is 15.4 Å². The summed E-state index contributed by atoms with van der Waals surface area (Å²) in [5.74, 6) is -0.771. The first-order chi connectivity index (χ1) is 15.3. The third-order valence-corrected chi connectivity index (χ3v) is 5.88. The molecule has 0 unspecified atom stereocenters. The van der Waals surface area contributed by atoms with E-state index in [4.69, 9.17) is 4.74 Å². The zero-order chi connectivity index (χ0) is 22.5. The highest BCUT2D eigenvalue weighted by molar-refractivity contribution is 6.00. The number of fused-ring (bicyclic) bond motifs is 1. The minimum atomic E-state index is -4.69. The molecule has 1 aromatic heterocycles. The monoisotopic (exact) mass is 440 g/mol. The third-order valence-electron chi connectivity index (χ3n) is 5.88. The van der Waals surface area contributed by atoms with E-state index in [0.717, 1.165) is 5.56 Å². The van der Waals surface area contributed by atoms with E-state index in [1.165, 1.54) is 4.68 Å². The summed E-state index contributed by atoms with van der Waals surface area (Å²) in [6, 6.07) is 15.6. The van der Waals surface area contributed by atoms with Gasteiger partial charge in [0.15, 0.2) is 5.78 Å². The predicted octanol–water partition coefficient (Wildman–Crippen LogP) is 4.72. The van der Waals surface area contributed by atoms with Crippen LogP contribution in [0.15, 0.2) is 65.9 Å². The number of ether oxygens (including phenoxy) is 1. The summed E-state index contributed by atoms with van der Waals surface area (Å²) in [5.41, 5.74) is 2.67. The first kappa shape index (κ1) is 20.3. The summed E-state index contributed by atoms with van der Waals surface area (Å²) in [4.78, 5) is 17.0. The Morgan fingerprint density at radius 2 is 1.75 bits per heavy atom. The van der Waals surface area contributed by atoms with Crippen molar-refractivity contribution in [2.45, 2.75) is 31.0 Å². The standard InChI is InChI=1S/C23H19F3N4O2/c1-32-16-9-7-13(8-10-16)15-11-17-19(18(31)12-15)20(14-5-3-2-4-6-14)30-22(27-17)28-21(29-30)23(24,25)26/h2-10,15,20H,11-12H2,1H3,(H,27,28,29)/t15-,20-/m1/s1. The van der Waals surface area contributed by atoms with Crippen LogP contribution in [0.3, 0.4) is 0 Å². The molecular weight excluding hydrogens is 421 g/mol. The van der Waals surface area contributed by atoms with Gasteiger partial charge in [0.2, 0.25) is 5.95 Å². The molecule has 1 aliphatic heterocycles. The number of rotatable bonds is 3. The lowest BCUT2D eigenvalue weighted by Crippen LogP contribution is -2.33. The van der Waals surface area contributed by atoms with E-state index >= 15 is 0 Å². The van der Waals surface area contributed by atoms with E-state index in [-0.39, 0.29) is 24.1 Å². The van der Waals surface area contributed by atoms with Crippen molar-refractivity contribution in [1.82, 2.24) is 14.8 Å². The highest BCUT2D eigenvalue weighted by Crippen LogP contribution is 2.44. The number of benzene rings is 2. The van der Waals surface area contributed by atoms with Crippen LogP contribution in [0.1, 0.15) is 41.8 Å². The van der Waals surface area contributed by atoms with Crippen LogP contribution in [0.25, 0.3) is 0 Å². The van der Waals surface area contributed by atoms with Gasteiger partial charge in [0.1, 0.15) is 11.8 Å². The minimum absolute atomic E-state index is 0.0203. The van der Waals surface area contributed by atoms with Gasteiger partial charge in [-0.3, -0.25) is 4.79 Å². The molecule has 164 valence electrons. The molecule has 0 spiro atoms. The van der Waals surface area contributed by atoms with Crippen molar-refractivity contribution < 1.29 is 22.7 Å². The number of methoxy groups -OCH3 is 1. The van der Waals surface area contributed by atoms with Crippen LogP contribution in [-0.2, 0) is 11.0 Å². The highest BCUT2D eigenvalue weighted by Gasteiger charge is 2.43. The fourth-order valence-electron chi connectivity index (χ4n) is 4.39. The summed E-state index contributed by atoms with van der Waals surface area (Å²) < 4.78 is 46.4. The molecule has 2 atom stereocenters. The van der Waals surface area contributed by atoms with Crippen molar-refractivity contribution in [3.8, 4) is 5.75 Å². The van der Waals surface area contributed by atoms with Crippen LogP contribution >= 0.6 is 0 Å². The Hall–Kier alpha value is -3.62. The second-order valence-corrected chi connectivity index (χ2v) is 7.83. The van der Waals surface area contributed by atoms with E-state index < -0.39 is 18.0 Å². The van der Waals surface area contributed by atoms with Crippen molar-refractivity contribution in [3.05, 3.63) is 82.8 Å². The predicted molar refractivity (Wildman–Crippen MR) is 110 cm³/mol. The lowest BCUT2D eigenvalue weighted by Gasteiger charge is -2.35. The number of hydrogen-bond donors (Lipinski definition) is 1. The summed E-state index contributed by atoms with van der Waals surface area (Å²) >= 11 is 0. The molecular formula is C23H19F3N4O2. The number of allylic oxidation sites excluding steroid dienone is 2. The molecule has 5 rings (SSSR count). The molecule has 2 aromatic carbocycles. The van der Waals surface area contributed by atoms with E-state index in [0.29, 0.717) is 29.0 Å². The van der Waals surface area contributed by atoms with Gasteiger partial charge in [-0.1, -0.05) is 42.5 Å². The second kappa shape index (κ2) is 7.51. The molecule has 2 heterocycles. The van der Waals surface area contributed by atoms with E-state index in [9.17, 15) is 18.0 Å². The fourth-order valence-corrected chi connectivity index (χ4v) is 4.39. The number of Topliss-reactive ketones (excluding diaryl/α,β-unsaturated/α-hetero) is 1. The first-order valence-corrected chi connectivity index (χ1v) is 10.1. The Morgan fingerprint density at radius 1 is 1.03 bits per heavy atom. The number of nitrogens with zero attached hydrogens (tertiary/aromatic N) is 3. The summed E-state index contributed by atoms with van der Waals surface area (Å²) in [6.07, 6.45) is -3.96. The lowest BCUT2D eigenvalue weighted by molar-refractivity contribution is -0.145. The van der Waals surface area contributed by atoms with Gasteiger partial charge in [0.05, 0.1) is 7.11 Å². The fraction of sp³-hybridized carbons (Fsp3) is 0.261. The second-order valence-electron chi connectivity index (χ2n) is 7.83. The molecule has 0 saturated carbocycles. The smallest absolute Gasteiger partial charge is 0.453 e.